The summed E-state index contributed by atoms with van der Waals surface area (Å²) < 4.78 is 0. The first-order chi connectivity index (χ1) is 5.22. The van der Waals surface area contributed by atoms with Gasteiger partial charge in [-0.3, -0.25) is 4.90 Å². The van der Waals surface area contributed by atoms with Crippen molar-refractivity contribution in [3.05, 3.63) is 0 Å². The minimum atomic E-state index is 0.595. The molecule has 0 aromatic rings. The van der Waals surface area contributed by atoms with Crippen LogP contribution >= 0.6 is 0 Å². The van der Waals surface area contributed by atoms with Gasteiger partial charge in [0.05, 0.1) is 0 Å². The molecule has 11 heavy (non-hydrogen) atoms. The van der Waals surface area contributed by atoms with Gasteiger partial charge in [-0.15, -0.1) is 0 Å². The molecule has 1 nitrogen and oxygen atoms in total. The average molecular weight is 153 g/mol. The number of fused-ring (bicyclic) bond motifs is 1. The fourth-order valence-corrected chi connectivity index (χ4v) is 2.90. The zero-order valence-electron chi connectivity index (χ0n) is 7.77. The van der Waals surface area contributed by atoms with E-state index >= 15 is 0 Å². The quantitative estimate of drug-likeness (QED) is 0.516. The van der Waals surface area contributed by atoms with Crippen LogP contribution in [0.3, 0.4) is 0 Å². The summed E-state index contributed by atoms with van der Waals surface area (Å²) in [5, 5.41) is 0. The molecular weight excluding hydrogens is 134 g/mol. The molecule has 2 heterocycles. The molecule has 0 saturated carbocycles. The highest BCUT2D eigenvalue weighted by Crippen LogP contribution is 2.40. The van der Waals surface area contributed by atoms with Crippen LogP contribution < -0.4 is 0 Å². The van der Waals surface area contributed by atoms with Crippen LogP contribution in [-0.2, 0) is 0 Å². The van der Waals surface area contributed by atoms with E-state index in [9.17, 15) is 0 Å². The molecule has 0 aromatic carbocycles. The lowest BCUT2D eigenvalue weighted by atomic mass is 9.89. The summed E-state index contributed by atoms with van der Waals surface area (Å²) in [5.41, 5.74) is 0.595. The summed E-state index contributed by atoms with van der Waals surface area (Å²) >= 11 is 0. The molecule has 2 atom stereocenters. The minimum absolute atomic E-state index is 0.595. The maximum absolute atomic E-state index is 2.73. The highest BCUT2D eigenvalue weighted by molar-refractivity contribution is 4.97. The second kappa shape index (κ2) is 2.48. The molecule has 0 aromatic heterocycles. The van der Waals surface area contributed by atoms with Crippen molar-refractivity contribution in [2.45, 2.75) is 57.5 Å². The normalized spacial score (nSPS) is 45.8. The summed E-state index contributed by atoms with van der Waals surface area (Å²) in [7, 11) is 0. The van der Waals surface area contributed by atoms with E-state index in [2.05, 4.69) is 18.7 Å². The van der Waals surface area contributed by atoms with Crippen LogP contribution in [0.25, 0.3) is 0 Å². The second-order valence-electron chi connectivity index (χ2n) is 4.54. The van der Waals surface area contributed by atoms with E-state index in [1.165, 1.54) is 38.6 Å². The zero-order valence-corrected chi connectivity index (χ0v) is 7.77. The Morgan fingerprint density at radius 2 is 2.09 bits per heavy atom. The van der Waals surface area contributed by atoms with Crippen molar-refractivity contribution in [1.29, 1.82) is 0 Å². The Hall–Kier alpha value is -0.0400. The highest BCUT2D eigenvalue weighted by atomic mass is 15.2. The first kappa shape index (κ1) is 7.60. The van der Waals surface area contributed by atoms with E-state index in [1.807, 2.05) is 0 Å². The van der Waals surface area contributed by atoms with Crippen LogP contribution in [0.5, 0.6) is 0 Å². The largest absolute Gasteiger partial charge is 0.295 e. The number of nitrogens with zero attached hydrogens (tertiary/aromatic N) is 1. The fraction of sp³-hybridized carbons (Fsp3) is 1.00. The molecule has 2 aliphatic heterocycles. The number of piperidine rings is 1. The Labute approximate surface area is 69.8 Å². The van der Waals surface area contributed by atoms with Crippen molar-refractivity contribution in [2.24, 2.45) is 0 Å². The van der Waals surface area contributed by atoms with Crippen molar-refractivity contribution in [1.82, 2.24) is 4.90 Å². The summed E-state index contributed by atoms with van der Waals surface area (Å²) in [6.07, 6.45) is 7.20. The molecule has 64 valence electrons. The van der Waals surface area contributed by atoms with E-state index in [0.717, 1.165) is 6.04 Å². The fourth-order valence-electron chi connectivity index (χ4n) is 2.90. The molecule has 1 heteroatoms. The van der Waals surface area contributed by atoms with Gasteiger partial charge >= 0.3 is 0 Å². The number of hydrogen-bond donors (Lipinski definition) is 0. The second-order valence-corrected chi connectivity index (χ2v) is 4.54. The average Bonchev–Trinajstić information content (AvgIpc) is 2.29. The van der Waals surface area contributed by atoms with Crippen molar-refractivity contribution < 1.29 is 0 Å². The van der Waals surface area contributed by atoms with Gasteiger partial charge in [0.2, 0.25) is 0 Å². The van der Waals surface area contributed by atoms with Crippen LogP contribution in [-0.4, -0.2) is 23.0 Å². The number of rotatable bonds is 0. The van der Waals surface area contributed by atoms with Gasteiger partial charge in [-0.1, -0.05) is 6.42 Å². The first-order valence-electron chi connectivity index (χ1n) is 4.99. The van der Waals surface area contributed by atoms with Crippen LogP contribution in [0, 0.1) is 0 Å². The molecule has 0 radical (unpaired) electrons. The van der Waals surface area contributed by atoms with Gasteiger partial charge in [0.1, 0.15) is 0 Å². The lowest BCUT2D eigenvalue weighted by Crippen LogP contribution is -2.47. The Balaban J connectivity index is 2.14. The summed E-state index contributed by atoms with van der Waals surface area (Å²) in [6, 6.07) is 0.861. The Bertz CT molecular complexity index is 151. The topological polar surface area (TPSA) is 3.24 Å². The first-order valence-corrected chi connectivity index (χ1v) is 4.99. The summed E-state index contributed by atoms with van der Waals surface area (Å²) in [6.45, 7) is 6.20. The molecule has 0 amide bonds. The highest BCUT2D eigenvalue weighted by Gasteiger charge is 2.41. The molecule has 0 spiro atoms. The molecule has 2 fully saturated rings. The van der Waals surface area contributed by atoms with E-state index in [0.29, 0.717) is 5.54 Å². The Morgan fingerprint density at radius 3 is 2.82 bits per heavy atom. The molecule has 0 bridgehead atoms. The van der Waals surface area contributed by atoms with Crippen LogP contribution in [0.1, 0.15) is 46.0 Å². The molecule has 2 unspecified atom stereocenters. The zero-order chi connectivity index (χ0) is 7.90. The third-order valence-corrected chi connectivity index (χ3v) is 3.69. The maximum Gasteiger partial charge on any atom is 0.0184 e. The van der Waals surface area contributed by atoms with Gasteiger partial charge in [-0.2, -0.15) is 0 Å². The molecule has 2 aliphatic rings. The van der Waals surface area contributed by atoms with Crippen molar-refractivity contribution >= 4 is 0 Å². The smallest absolute Gasteiger partial charge is 0.0184 e. The minimum Gasteiger partial charge on any atom is -0.295 e. The van der Waals surface area contributed by atoms with Crippen molar-refractivity contribution in [3.8, 4) is 0 Å². The predicted molar refractivity (Wildman–Crippen MR) is 47.7 cm³/mol. The maximum atomic E-state index is 2.73. The van der Waals surface area contributed by atoms with Gasteiger partial charge < -0.3 is 0 Å². The van der Waals surface area contributed by atoms with Gasteiger partial charge in [0.25, 0.3) is 0 Å². The summed E-state index contributed by atoms with van der Waals surface area (Å²) in [4.78, 5) is 2.73. The van der Waals surface area contributed by atoms with Crippen LogP contribution in [0.4, 0.5) is 0 Å². The van der Waals surface area contributed by atoms with Crippen LogP contribution in [0.2, 0.25) is 0 Å². The number of hydrogen-bond acceptors (Lipinski definition) is 1. The molecule has 0 aliphatic carbocycles. The molecule has 2 rings (SSSR count). The lowest BCUT2D eigenvalue weighted by Gasteiger charge is -2.41. The lowest BCUT2D eigenvalue weighted by molar-refractivity contribution is 0.0786. The monoisotopic (exact) mass is 153 g/mol. The SMILES string of the molecule is CC1CCC2(C)CCCCN12. The van der Waals surface area contributed by atoms with E-state index in [-0.39, 0.29) is 0 Å². The third-order valence-electron chi connectivity index (χ3n) is 3.69. The Kier molecular flexibility index (Phi) is 1.71. The molecule has 2 saturated heterocycles. The van der Waals surface area contributed by atoms with Gasteiger partial charge in [0.15, 0.2) is 0 Å². The van der Waals surface area contributed by atoms with Gasteiger partial charge in [0, 0.05) is 11.6 Å². The van der Waals surface area contributed by atoms with Gasteiger partial charge in [-0.25, -0.2) is 0 Å². The molecule has 0 N–H and O–H groups in total. The summed E-state index contributed by atoms with van der Waals surface area (Å²) in [5.74, 6) is 0. The molecular formula is C10H19N. The standard InChI is InChI=1S/C10H19N/c1-9-5-7-10(2)6-3-4-8-11(9)10/h9H,3-8H2,1-2H3. The van der Waals surface area contributed by atoms with Crippen molar-refractivity contribution in [2.75, 3.05) is 6.54 Å². The van der Waals surface area contributed by atoms with Crippen LogP contribution in [0.15, 0.2) is 0 Å². The van der Waals surface area contributed by atoms with E-state index in [1.54, 1.807) is 0 Å². The van der Waals surface area contributed by atoms with E-state index < -0.39 is 0 Å². The third kappa shape index (κ3) is 1.10. The van der Waals surface area contributed by atoms with Crippen molar-refractivity contribution in [3.63, 3.8) is 0 Å². The Morgan fingerprint density at radius 1 is 1.27 bits per heavy atom. The van der Waals surface area contributed by atoms with Gasteiger partial charge in [-0.05, 0) is 46.1 Å². The predicted octanol–water partition coefficient (Wildman–Crippen LogP) is 2.41. The van der Waals surface area contributed by atoms with E-state index in [4.69, 9.17) is 0 Å².